The molecule has 2 atom stereocenters. The van der Waals surface area contributed by atoms with E-state index in [4.69, 9.17) is 5.11 Å². The third kappa shape index (κ3) is 4.24. The highest BCUT2D eigenvalue weighted by molar-refractivity contribution is 7.99. The topological polar surface area (TPSA) is 66.4 Å². The van der Waals surface area contributed by atoms with E-state index < -0.39 is 5.97 Å². The van der Waals surface area contributed by atoms with E-state index in [-0.39, 0.29) is 23.9 Å². The molecule has 1 aromatic carbocycles. The second kappa shape index (κ2) is 7.50. The van der Waals surface area contributed by atoms with E-state index in [2.05, 4.69) is 12.2 Å². The third-order valence-electron chi connectivity index (χ3n) is 3.78. The summed E-state index contributed by atoms with van der Waals surface area (Å²) in [6.07, 6.45) is 3.44. The second-order valence-electron chi connectivity index (χ2n) is 5.24. The van der Waals surface area contributed by atoms with Crippen molar-refractivity contribution in [3.8, 4) is 0 Å². The van der Waals surface area contributed by atoms with E-state index in [9.17, 15) is 9.59 Å². The van der Waals surface area contributed by atoms with E-state index in [1.807, 2.05) is 11.8 Å². The van der Waals surface area contributed by atoms with Crippen molar-refractivity contribution < 1.29 is 14.7 Å². The number of amides is 1. The molecular weight excluding hydrogens is 286 g/mol. The minimum atomic E-state index is -0.987. The zero-order valence-corrected chi connectivity index (χ0v) is 13.0. The fourth-order valence-corrected chi connectivity index (χ4v) is 4.02. The minimum Gasteiger partial charge on any atom is -0.478 e. The highest BCUT2D eigenvalue weighted by Crippen LogP contribution is 2.29. The Bertz CT molecular complexity index is 518. The zero-order chi connectivity index (χ0) is 15.2. The fourth-order valence-electron chi connectivity index (χ4n) is 2.82. The van der Waals surface area contributed by atoms with E-state index in [1.165, 1.54) is 6.07 Å². The monoisotopic (exact) mass is 307 g/mol. The fraction of sp³-hybridized carbons (Fsp3) is 0.500. The summed E-state index contributed by atoms with van der Waals surface area (Å²) in [5.74, 6) is -0.0187. The molecular formula is C16H21NO3S. The molecule has 5 heteroatoms. The van der Waals surface area contributed by atoms with Crippen LogP contribution in [0.25, 0.3) is 0 Å². The number of hydrogen-bond donors (Lipinski definition) is 2. The number of carbonyl (C=O) groups excluding carboxylic acids is 1. The van der Waals surface area contributed by atoms with Gasteiger partial charge in [-0.05, 0) is 30.2 Å². The van der Waals surface area contributed by atoms with Crippen molar-refractivity contribution in [3.63, 3.8) is 0 Å². The van der Waals surface area contributed by atoms with Crippen molar-refractivity contribution >= 4 is 23.6 Å². The first-order chi connectivity index (χ1) is 10.1. The maximum atomic E-state index is 12.2. The molecule has 0 radical (unpaired) electrons. The zero-order valence-electron chi connectivity index (χ0n) is 12.2. The molecule has 21 heavy (non-hydrogen) atoms. The number of carboxylic acids is 1. The third-order valence-corrected chi connectivity index (χ3v) is 5.10. The van der Waals surface area contributed by atoms with Crippen LogP contribution in [0.2, 0.25) is 0 Å². The van der Waals surface area contributed by atoms with Gasteiger partial charge in [0, 0.05) is 11.3 Å². The molecule has 2 N–H and O–H groups in total. The average Bonchev–Trinajstić information content (AvgIpc) is 2.86. The number of hydrogen-bond acceptors (Lipinski definition) is 3. The molecule has 114 valence electrons. The van der Waals surface area contributed by atoms with Gasteiger partial charge in [0.25, 0.3) is 0 Å². The molecule has 0 bridgehead atoms. The summed E-state index contributed by atoms with van der Waals surface area (Å²) in [5, 5.41) is 12.7. The van der Waals surface area contributed by atoms with E-state index in [1.54, 1.807) is 18.2 Å². The number of thioether (sulfide) groups is 1. The molecule has 0 heterocycles. The molecule has 0 aromatic heterocycles. The number of nitrogens with one attached hydrogen (secondary N) is 1. The van der Waals surface area contributed by atoms with Gasteiger partial charge in [0.05, 0.1) is 12.0 Å². The number of aromatic carboxylic acids is 1. The Hall–Kier alpha value is -1.49. The molecule has 1 aliphatic carbocycles. The van der Waals surface area contributed by atoms with Gasteiger partial charge >= 0.3 is 5.97 Å². The van der Waals surface area contributed by atoms with Crippen molar-refractivity contribution in [1.29, 1.82) is 0 Å². The van der Waals surface area contributed by atoms with Crippen molar-refractivity contribution in [2.24, 2.45) is 0 Å². The smallest absolute Gasteiger partial charge is 0.335 e. The molecule has 2 unspecified atom stereocenters. The lowest BCUT2D eigenvalue weighted by atomic mass is 10.0. The molecule has 1 aliphatic rings. The normalized spacial score (nSPS) is 21.2. The summed E-state index contributed by atoms with van der Waals surface area (Å²) in [7, 11) is 0. The Kier molecular flexibility index (Phi) is 5.67. The van der Waals surface area contributed by atoms with Crippen LogP contribution in [-0.4, -0.2) is 34.0 Å². The van der Waals surface area contributed by atoms with Gasteiger partial charge in [-0.25, -0.2) is 4.79 Å². The van der Waals surface area contributed by atoms with Crippen molar-refractivity contribution in [2.45, 2.75) is 43.9 Å². The number of benzene rings is 1. The first-order valence-corrected chi connectivity index (χ1v) is 8.39. The number of carboxylic acid groups (broad SMARTS) is 1. The maximum Gasteiger partial charge on any atom is 0.335 e. The van der Waals surface area contributed by atoms with E-state index >= 15 is 0 Å². The largest absolute Gasteiger partial charge is 0.478 e. The highest BCUT2D eigenvalue weighted by Gasteiger charge is 2.28. The van der Waals surface area contributed by atoms with Crippen molar-refractivity contribution in [1.82, 2.24) is 5.32 Å². The van der Waals surface area contributed by atoms with Gasteiger partial charge in [-0.2, -0.15) is 11.8 Å². The van der Waals surface area contributed by atoms with Gasteiger partial charge in [0.1, 0.15) is 0 Å². The van der Waals surface area contributed by atoms with Gasteiger partial charge < -0.3 is 10.4 Å². The average molecular weight is 307 g/mol. The molecule has 1 fully saturated rings. The van der Waals surface area contributed by atoms with Crippen LogP contribution in [0.15, 0.2) is 24.3 Å². The van der Waals surface area contributed by atoms with Crippen LogP contribution in [0, 0.1) is 0 Å². The van der Waals surface area contributed by atoms with Gasteiger partial charge in [0.2, 0.25) is 5.91 Å². The lowest BCUT2D eigenvalue weighted by molar-refractivity contribution is -0.121. The quantitative estimate of drug-likeness (QED) is 0.848. The molecule has 0 spiro atoms. The maximum absolute atomic E-state index is 12.2. The van der Waals surface area contributed by atoms with Crippen LogP contribution in [0.3, 0.4) is 0 Å². The predicted octanol–water partition coefficient (Wildman–Crippen LogP) is 2.72. The highest BCUT2D eigenvalue weighted by atomic mass is 32.2. The first-order valence-electron chi connectivity index (χ1n) is 7.34. The Morgan fingerprint density at radius 3 is 2.81 bits per heavy atom. The molecule has 1 saturated carbocycles. The van der Waals surface area contributed by atoms with Crippen LogP contribution in [0.1, 0.15) is 42.1 Å². The lowest BCUT2D eigenvalue weighted by Gasteiger charge is -2.20. The molecule has 2 rings (SSSR count). The molecule has 0 saturated heterocycles. The van der Waals surface area contributed by atoms with Crippen LogP contribution < -0.4 is 5.32 Å². The van der Waals surface area contributed by atoms with E-state index in [0.29, 0.717) is 10.8 Å². The summed E-state index contributed by atoms with van der Waals surface area (Å²) < 4.78 is 0. The number of rotatable bonds is 6. The summed E-state index contributed by atoms with van der Waals surface area (Å²) >= 11 is 1.89. The van der Waals surface area contributed by atoms with Gasteiger partial charge in [0.15, 0.2) is 0 Å². The van der Waals surface area contributed by atoms with Crippen molar-refractivity contribution in [2.75, 3.05) is 5.75 Å². The van der Waals surface area contributed by atoms with Crippen LogP contribution in [-0.2, 0) is 11.2 Å². The van der Waals surface area contributed by atoms with Gasteiger partial charge in [-0.3, -0.25) is 4.79 Å². The Balaban J connectivity index is 1.97. The Morgan fingerprint density at radius 2 is 2.10 bits per heavy atom. The molecule has 1 aromatic rings. The van der Waals surface area contributed by atoms with Crippen LogP contribution >= 0.6 is 11.8 Å². The summed E-state index contributed by atoms with van der Waals surface area (Å²) in [4.78, 5) is 23.3. The first kappa shape index (κ1) is 15.9. The lowest BCUT2D eigenvalue weighted by Crippen LogP contribution is -2.39. The predicted molar refractivity (Wildman–Crippen MR) is 84.8 cm³/mol. The summed E-state index contributed by atoms with van der Waals surface area (Å²) in [5.41, 5.74) is 0.777. The molecule has 1 amide bonds. The Labute approximate surface area is 129 Å². The standard InChI is InChI=1S/C16H21NO3S/c1-2-21-14-9-5-8-13(14)17-15(18)10-11-6-3-4-7-12(11)16(19)20/h3-4,6-7,13-14H,2,5,8-10H2,1H3,(H,17,18)(H,19,20). The van der Waals surface area contributed by atoms with Crippen LogP contribution in [0.4, 0.5) is 0 Å². The van der Waals surface area contributed by atoms with Crippen LogP contribution in [0.5, 0.6) is 0 Å². The summed E-state index contributed by atoms with van der Waals surface area (Å²) in [6.45, 7) is 2.13. The SMILES string of the molecule is CCSC1CCCC1NC(=O)Cc1ccccc1C(=O)O. The molecule has 4 nitrogen and oxygen atoms in total. The van der Waals surface area contributed by atoms with E-state index in [0.717, 1.165) is 25.0 Å². The molecule has 0 aliphatic heterocycles. The summed E-state index contributed by atoms with van der Waals surface area (Å²) in [6, 6.07) is 6.90. The Morgan fingerprint density at radius 1 is 1.33 bits per heavy atom. The second-order valence-corrected chi connectivity index (χ2v) is 6.75. The number of carbonyl (C=O) groups is 2. The minimum absolute atomic E-state index is 0.0858. The van der Waals surface area contributed by atoms with Crippen molar-refractivity contribution in [3.05, 3.63) is 35.4 Å². The van der Waals surface area contributed by atoms with Gasteiger partial charge in [-0.15, -0.1) is 0 Å². The van der Waals surface area contributed by atoms with Gasteiger partial charge in [-0.1, -0.05) is 31.5 Å².